The monoisotopic (exact) mass is 485 g/mol. The number of rotatable bonds is 4. The second-order valence-electron chi connectivity index (χ2n) is 8.25. The molecule has 0 bridgehead atoms. The molecule has 0 unspecified atom stereocenters. The molecule has 3 nitrogen and oxygen atoms in total. The SMILES string of the molecule is Cc1ccc(C)c(N2C(=O)/C(=C\c3ccc(-c4cc(Cl)ccc4Cl)o3)C=C2c2ccccc2)c1. The van der Waals surface area contributed by atoms with Crippen molar-refractivity contribution in [1.82, 2.24) is 0 Å². The summed E-state index contributed by atoms with van der Waals surface area (Å²) < 4.78 is 6.02. The lowest BCUT2D eigenvalue weighted by molar-refractivity contribution is -0.113. The Hall–Kier alpha value is -3.53. The molecule has 34 heavy (non-hydrogen) atoms. The zero-order valence-electron chi connectivity index (χ0n) is 18.7. The lowest BCUT2D eigenvalue weighted by Crippen LogP contribution is -2.25. The summed E-state index contributed by atoms with van der Waals surface area (Å²) in [6.45, 7) is 4.04. The maximum Gasteiger partial charge on any atom is 0.263 e. The van der Waals surface area contributed by atoms with Crippen LogP contribution in [0.3, 0.4) is 0 Å². The minimum Gasteiger partial charge on any atom is -0.457 e. The van der Waals surface area contributed by atoms with E-state index in [1.807, 2.05) is 80.6 Å². The Kier molecular flexibility index (Phi) is 5.91. The van der Waals surface area contributed by atoms with Crippen molar-refractivity contribution < 1.29 is 9.21 Å². The summed E-state index contributed by atoms with van der Waals surface area (Å²) in [5, 5.41) is 1.11. The number of halogens is 2. The van der Waals surface area contributed by atoms with Gasteiger partial charge in [0.2, 0.25) is 0 Å². The number of furan rings is 1. The average molecular weight is 486 g/mol. The Morgan fingerprint density at radius 1 is 0.882 bits per heavy atom. The number of carbonyl (C=O) groups excluding carboxylic acids is 1. The van der Waals surface area contributed by atoms with E-state index in [4.69, 9.17) is 27.6 Å². The maximum atomic E-state index is 13.7. The van der Waals surface area contributed by atoms with Gasteiger partial charge in [-0.15, -0.1) is 0 Å². The molecule has 1 amide bonds. The smallest absolute Gasteiger partial charge is 0.263 e. The van der Waals surface area contributed by atoms with Crippen molar-refractivity contribution >= 4 is 46.6 Å². The predicted molar refractivity (Wildman–Crippen MR) is 140 cm³/mol. The molecule has 2 heterocycles. The molecule has 0 aliphatic carbocycles. The molecular weight excluding hydrogens is 465 g/mol. The van der Waals surface area contributed by atoms with Crippen LogP contribution in [0.15, 0.2) is 94.9 Å². The molecule has 0 fully saturated rings. The molecule has 0 saturated heterocycles. The second kappa shape index (κ2) is 9.02. The molecule has 0 N–H and O–H groups in total. The van der Waals surface area contributed by atoms with Gasteiger partial charge in [-0.25, -0.2) is 0 Å². The standard InChI is InChI=1S/C29H21Cl2NO2/c1-18-8-9-19(2)26(14-18)32-27(20-6-4-3-5-7-20)16-21(29(32)33)15-23-11-13-28(34-23)24-17-22(30)10-12-25(24)31/h3-17H,1-2H3/b21-15-. The fourth-order valence-corrected chi connectivity index (χ4v) is 4.43. The Morgan fingerprint density at radius 3 is 2.47 bits per heavy atom. The number of hydrogen-bond donors (Lipinski definition) is 0. The number of benzene rings is 3. The molecule has 1 aromatic heterocycles. The van der Waals surface area contributed by atoms with E-state index >= 15 is 0 Å². The molecular formula is C29H21Cl2NO2. The highest BCUT2D eigenvalue weighted by molar-refractivity contribution is 6.35. The van der Waals surface area contributed by atoms with Gasteiger partial charge in [-0.3, -0.25) is 9.69 Å². The zero-order chi connectivity index (χ0) is 23.8. The first-order valence-electron chi connectivity index (χ1n) is 10.9. The van der Waals surface area contributed by atoms with Crippen LogP contribution in [0.2, 0.25) is 10.0 Å². The molecule has 0 saturated carbocycles. The normalized spacial score (nSPS) is 14.7. The summed E-state index contributed by atoms with van der Waals surface area (Å²) in [5.41, 5.74) is 6.02. The quantitative estimate of drug-likeness (QED) is 0.272. The van der Waals surface area contributed by atoms with Gasteiger partial charge in [-0.1, -0.05) is 65.7 Å². The third-order valence-electron chi connectivity index (χ3n) is 5.78. The van der Waals surface area contributed by atoms with E-state index in [0.717, 1.165) is 28.1 Å². The van der Waals surface area contributed by atoms with Crippen LogP contribution in [0.4, 0.5) is 5.69 Å². The van der Waals surface area contributed by atoms with E-state index in [2.05, 4.69) is 0 Å². The predicted octanol–water partition coefficient (Wildman–Crippen LogP) is 8.34. The highest BCUT2D eigenvalue weighted by atomic mass is 35.5. The van der Waals surface area contributed by atoms with Gasteiger partial charge in [-0.05, 0) is 79.1 Å². The Morgan fingerprint density at radius 2 is 1.68 bits per heavy atom. The first-order valence-corrected chi connectivity index (χ1v) is 11.6. The zero-order valence-corrected chi connectivity index (χ0v) is 20.2. The highest BCUT2D eigenvalue weighted by Crippen LogP contribution is 2.38. The molecule has 0 spiro atoms. The van der Waals surface area contributed by atoms with Gasteiger partial charge in [0, 0.05) is 16.2 Å². The van der Waals surface area contributed by atoms with Crippen molar-refractivity contribution in [1.29, 1.82) is 0 Å². The Balaban J connectivity index is 1.58. The second-order valence-corrected chi connectivity index (χ2v) is 9.10. The summed E-state index contributed by atoms with van der Waals surface area (Å²) in [6.07, 6.45) is 3.67. The fraction of sp³-hybridized carbons (Fsp3) is 0.0690. The third-order valence-corrected chi connectivity index (χ3v) is 6.34. The molecule has 5 heteroatoms. The van der Waals surface area contributed by atoms with Crippen molar-refractivity contribution in [3.63, 3.8) is 0 Å². The topological polar surface area (TPSA) is 33.5 Å². The first-order chi connectivity index (χ1) is 16.4. The lowest BCUT2D eigenvalue weighted by atomic mass is 10.1. The van der Waals surface area contributed by atoms with E-state index in [1.165, 1.54) is 0 Å². The van der Waals surface area contributed by atoms with Crippen LogP contribution in [0.5, 0.6) is 0 Å². The molecule has 0 radical (unpaired) electrons. The third kappa shape index (κ3) is 4.21. The van der Waals surface area contributed by atoms with E-state index in [0.29, 0.717) is 32.7 Å². The van der Waals surface area contributed by atoms with Gasteiger partial charge in [0.1, 0.15) is 11.5 Å². The number of aryl methyl sites for hydroxylation is 2. The largest absolute Gasteiger partial charge is 0.457 e. The van der Waals surface area contributed by atoms with Crippen LogP contribution >= 0.6 is 23.2 Å². The van der Waals surface area contributed by atoms with E-state index in [-0.39, 0.29) is 5.91 Å². The molecule has 0 atom stereocenters. The van der Waals surface area contributed by atoms with Crippen LogP contribution in [-0.4, -0.2) is 5.91 Å². The number of nitrogens with zero attached hydrogens (tertiary/aromatic N) is 1. The van der Waals surface area contributed by atoms with Crippen LogP contribution in [0.1, 0.15) is 22.5 Å². The van der Waals surface area contributed by atoms with Gasteiger partial charge in [0.15, 0.2) is 0 Å². The summed E-state index contributed by atoms with van der Waals surface area (Å²) in [6, 6.07) is 24.9. The van der Waals surface area contributed by atoms with Crippen molar-refractivity contribution in [2.24, 2.45) is 0 Å². The highest BCUT2D eigenvalue weighted by Gasteiger charge is 2.31. The molecule has 1 aliphatic heterocycles. The van der Waals surface area contributed by atoms with E-state index in [9.17, 15) is 4.79 Å². The van der Waals surface area contributed by atoms with Crippen LogP contribution in [0, 0.1) is 13.8 Å². The fourth-order valence-electron chi connectivity index (χ4n) is 4.05. The van der Waals surface area contributed by atoms with Crippen molar-refractivity contribution in [2.75, 3.05) is 4.90 Å². The van der Waals surface area contributed by atoms with Gasteiger partial charge < -0.3 is 4.42 Å². The summed E-state index contributed by atoms with van der Waals surface area (Å²) in [7, 11) is 0. The van der Waals surface area contributed by atoms with Crippen LogP contribution in [0.25, 0.3) is 23.1 Å². The van der Waals surface area contributed by atoms with Crippen LogP contribution < -0.4 is 4.90 Å². The molecule has 3 aromatic carbocycles. The van der Waals surface area contributed by atoms with Crippen molar-refractivity contribution in [2.45, 2.75) is 13.8 Å². The van der Waals surface area contributed by atoms with E-state index < -0.39 is 0 Å². The van der Waals surface area contributed by atoms with Gasteiger partial charge in [0.05, 0.1) is 16.4 Å². The minimum atomic E-state index is -0.105. The van der Waals surface area contributed by atoms with E-state index in [1.54, 1.807) is 29.2 Å². The average Bonchev–Trinajstić information content (AvgIpc) is 3.42. The summed E-state index contributed by atoms with van der Waals surface area (Å²) in [5.74, 6) is 1.04. The van der Waals surface area contributed by atoms with Gasteiger partial charge >= 0.3 is 0 Å². The summed E-state index contributed by atoms with van der Waals surface area (Å²) in [4.78, 5) is 15.4. The van der Waals surface area contributed by atoms with Crippen molar-refractivity contribution in [3.8, 4) is 11.3 Å². The Bertz CT molecular complexity index is 1460. The first kappa shape index (κ1) is 22.3. The minimum absolute atomic E-state index is 0.105. The number of hydrogen-bond acceptors (Lipinski definition) is 2. The molecule has 4 aromatic rings. The molecule has 1 aliphatic rings. The van der Waals surface area contributed by atoms with Gasteiger partial charge in [-0.2, -0.15) is 0 Å². The lowest BCUT2D eigenvalue weighted by Gasteiger charge is -2.23. The van der Waals surface area contributed by atoms with Gasteiger partial charge in [0.25, 0.3) is 5.91 Å². The van der Waals surface area contributed by atoms with Crippen molar-refractivity contribution in [3.05, 3.63) is 123 Å². The van der Waals surface area contributed by atoms with Crippen LogP contribution in [-0.2, 0) is 4.79 Å². The molecule has 5 rings (SSSR count). The molecule has 168 valence electrons. The maximum absolute atomic E-state index is 13.7. The number of amides is 1. The number of anilines is 1. The Labute approximate surface area is 208 Å². The summed E-state index contributed by atoms with van der Waals surface area (Å²) >= 11 is 12.5. The number of carbonyl (C=O) groups is 1.